The largest absolute Gasteiger partial charge is 0.465 e. The fraction of sp³-hybridized carbons (Fsp3) is 0.667. The molecule has 0 saturated carbocycles. The Morgan fingerprint density at radius 3 is 3.05 bits per heavy atom. The zero-order chi connectivity index (χ0) is 14.2. The van der Waals surface area contributed by atoms with Crippen LogP contribution >= 0.6 is 11.3 Å². The van der Waals surface area contributed by atoms with Crippen molar-refractivity contribution in [3.05, 3.63) is 21.9 Å². The zero-order valence-corrected chi connectivity index (χ0v) is 12.7. The molecule has 5 heteroatoms. The van der Waals surface area contributed by atoms with E-state index in [-0.39, 0.29) is 12.3 Å². The summed E-state index contributed by atoms with van der Waals surface area (Å²) in [6, 6.07) is 3.83. The molecule has 1 atom stereocenters. The molecule has 0 amide bonds. The first-order chi connectivity index (χ1) is 9.79. The van der Waals surface area contributed by atoms with Gasteiger partial charge in [0.05, 0.1) is 7.11 Å². The van der Waals surface area contributed by atoms with E-state index in [9.17, 15) is 4.79 Å². The minimum absolute atomic E-state index is 0.0106. The molecule has 0 aromatic carbocycles. The second kappa shape index (κ2) is 8.39. The van der Waals surface area contributed by atoms with E-state index in [2.05, 4.69) is 0 Å². The van der Waals surface area contributed by atoms with Crippen LogP contribution in [-0.4, -0.2) is 32.6 Å². The Labute approximate surface area is 124 Å². The number of carbonyl (C=O) groups excluding carboxylic acids is 1. The lowest BCUT2D eigenvalue weighted by Crippen LogP contribution is -2.22. The minimum atomic E-state index is -0.251. The van der Waals surface area contributed by atoms with Gasteiger partial charge in [-0.3, -0.25) is 0 Å². The molecule has 0 N–H and O–H groups in total. The van der Waals surface area contributed by atoms with Crippen molar-refractivity contribution in [2.75, 3.05) is 20.3 Å². The lowest BCUT2D eigenvalue weighted by Gasteiger charge is -2.22. The molecule has 1 aromatic heterocycles. The van der Waals surface area contributed by atoms with Crippen LogP contribution in [0.4, 0.5) is 0 Å². The summed E-state index contributed by atoms with van der Waals surface area (Å²) in [6.45, 7) is 1.58. The first-order valence-corrected chi connectivity index (χ1v) is 8.01. The van der Waals surface area contributed by atoms with E-state index >= 15 is 0 Å². The molecule has 1 saturated heterocycles. The van der Waals surface area contributed by atoms with Gasteiger partial charge >= 0.3 is 5.97 Å². The van der Waals surface area contributed by atoms with Gasteiger partial charge in [-0.1, -0.05) is 0 Å². The maximum absolute atomic E-state index is 11.3. The monoisotopic (exact) mass is 298 g/mol. The number of esters is 1. The summed E-state index contributed by atoms with van der Waals surface area (Å²) in [7, 11) is 1.41. The van der Waals surface area contributed by atoms with E-state index in [0.29, 0.717) is 4.88 Å². The van der Waals surface area contributed by atoms with Crippen LogP contribution in [0, 0.1) is 0 Å². The van der Waals surface area contributed by atoms with Gasteiger partial charge in [0.2, 0.25) is 0 Å². The van der Waals surface area contributed by atoms with Crippen LogP contribution in [0.3, 0.4) is 0 Å². The number of methoxy groups -OCH3 is 1. The van der Waals surface area contributed by atoms with Crippen molar-refractivity contribution in [3.8, 4) is 0 Å². The van der Waals surface area contributed by atoms with Crippen LogP contribution in [0.2, 0.25) is 0 Å². The number of thiophene rings is 1. The Hall–Kier alpha value is -0.910. The van der Waals surface area contributed by atoms with Gasteiger partial charge in [-0.15, -0.1) is 11.3 Å². The number of hydrogen-bond acceptors (Lipinski definition) is 5. The average Bonchev–Trinajstić information content (AvgIpc) is 2.96. The van der Waals surface area contributed by atoms with Crippen molar-refractivity contribution in [2.45, 2.75) is 44.8 Å². The number of aryl methyl sites for hydroxylation is 1. The quantitative estimate of drug-likeness (QED) is 0.571. The first-order valence-electron chi connectivity index (χ1n) is 7.20. The lowest BCUT2D eigenvalue weighted by molar-refractivity contribution is -0.162. The SMILES string of the molecule is COC(=O)c1ccc(CCCCOC2CCCCO2)s1. The number of rotatable bonds is 7. The number of unbranched alkanes of at least 4 members (excludes halogenated alkanes) is 1. The highest BCUT2D eigenvalue weighted by Crippen LogP contribution is 2.19. The van der Waals surface area contributed by atoms with E-state index in [1.165, 1.54) is 29.7 Å². The fourth-order valence-electron chi connectivity index (χ4n) is 2.18. The van der Waals surface area contributed by atoms with Gasteiger partial charge in [-0.2, -0.15) is 0 Å². The van der Waals surface area contributed by atoms with Gasteiger partial charge in [0, 0.05) is 18.1 Å². The van der Waals surface area contributed by atoms with Crippen LogP contribution in [-0.2, 0) is 20.6 Å². The molecule has 1 aromatic rings. The Morgan fingerprint density at radius 2 is 2.30 bits per heavy atom. The molecule has 1 fully saturated rings. The van der Waals surface area contributed by atoms with Crippen LogP contribution in [0.1, 0.15) is 46.7 Å². The summed E-state index contributed by atoms with van der Waals surface area (Å²) >= 11 is 1.51. The first kappa shape index (κ1) is 15.5. The molecule has 1 unspecified atom stereocenters. The second-order valence-electron chi connectivity index (χ2n) is 4.88. The van der Waals surface area contributed by atoms with Crippen molar-refractivity contribution in [3.63, 3.8) is 0 Å². The second-order valence-corrected chi connectivity index (χ2v) is 6.05. The molecular weight excluding hydrogens is 276 g/mol. The standard InChI is InChI=1S/C15H22O4S/c1-17-15(16)13-9-8-12(20-13)6-2-4-10-18-14-7-3-5-11-19-14/h8-9,14H,2-7,10-11H2,1H3. The topological polar surface area (TPSA) is 44.8 Å². The predicted molar refractivity (Wildman–Crippen MR) is 78.1 cm³/mol. The maximum atomic E-state index is 11.3. The van der Waals surface area contributed by atoms with Gasteiger partial charge in [0.15, 0.2) is 6.29 Å². The minimum Gasteiger partial charge on any atom is -0.465 e. The predicted octanol–water partition coefficient (Wildman–Crippen LogP) is 3.40. The van der Waals surface area contributed by atoms with E-state index < -0.39 is 0 Å². The third kappa shape index (κ3) is 4.89. The molecule has 2 heterocycles. The summed E-state index contributed by atoms with van der Waals surface area (Å²) in [5.74, 6) is -0.251. The molecule has 20 heavy (non-hydrogen) atoms. The van der Waals surface area contributed by atoms with Gasteiger partial charge < -0.3 is 14.2 Å². The van der Waals surface area contributed by atoms with Crippen molar-refractivity contribution >= 4 is 17.3 Å². The lowest BCUT2D eigenvalue weighted by atomic mass is 10.2. The number of hydrogen-bond donors (Lipinski definition) is 0. The summed E-state index contributed by atoms with van der Waals surface area (Å²) < 4.78 is 15.9. The van der Waals surface area contributed by atoms with Crippen molar-refractivity contribution < 1.29 is 19.0 Å². The van der Waals surface area contributed by atoms with E-state index in [1.807, 2.05) is 12.1 Å². The summed E-state index contributed by atoms with van der Waals surface area (Å²) in [4.78, 5) is 13.2. The Kier molecular flexibility index (Phi) is 6.50. The Balaban J connectivity index is 1.58. The maximum Gasteiger partial charge on any atom is 0.348 e. The van der Waals surface area contributed by atoms with Crippen molar-refractivity contribution in [1.82, 2.24) is 0 Å². The third-order valence-electron chi connectivity index (χ3n) is 3.31. The third-order valence-corrected chi connectivity index (χ3v) is 4.43. The van der Waals surface area contributed by atoms with Gasteiger partial charge in [-0.25, -0.2) is 4.79 Å². The summed E-state index contributed by atoms with van der Waals surface area (Å²) in [6.07, 6.45) is 6.46. The fourth-order valence-corrected chi connectivity index (χ4v) is 3.15. The highest BCUT2D eigenvalue weighted by molar-refractivity contribution is 7.13. The van der Waals surface area contributed by atoms with Crippen LogP contribution in [0.25, 0.3) is 0 Å². The molecule has 112 valence electrons. The Morgan fingerprint density at radius 1 is 1.40 bits per heavy atom. The van der Waals surface area contributed by atoms with E-state index in [4.69, 9.17) is 14.2 Å². The average molecular weight is 298 g/mol. The molecular formula is C15H22O4S. The van der Waals surface area contributed by atoms with Crippen molar-refractivity contribution in [2.24, 2.45) is 0 Å². The molecule has 1 aliphatic rings. The molecule has 1 aliphatic heterocycles. The van der Waals surface area contributed by atoms with Gasteiger partial charge in [0.1, 0.15) is 4.88 Å². The van der Waals surface area contributed by atoms with Gasteiger partial charge in [0.25, 0.3) is 0 Å². The Bertz CT molecular complexity index is 410. The molecule has 0 radical (unpaired) electrons. The van der Waals surface area contributed by atoms with Crippen LogP contribution in [0.5, 0.6) is 0 Å². The normalized spacial score (nSPS) is 18.9. The molecule has 2 rings (SSSR count). The van der Waals surface area contributed by atoms with E-state index in [0.717, 1.165) is 45.3 Å². The molecule has 0 bridgehead atoms. The smallest absolute Gasteiger partial charge is 0.348 e. The highest BCUT2D eigenvalue weighted by Gasteiger charge is 2.13. The highest BCUT2D eigenvalue weighted by atomic mass is 32.1. The van der Waals surface area contributed by atoms with Crippen LogP contribution < -0.4 is 0 Å². The number of carbonyl (C=O) groups is 1. The van der Waals surface area contributed by atoms with E-state index in [1.54, 1.807) is 0 Å². The number of ether oxygens (including phenoxy) is 3. The van der Waals surface area contributed by atoms with Crippen LogP contribution in [0.15, 0.2) is 12.1 Å². The van der Waals surface area contributed by atoms with Crippen molar-refractivity contribution in [1.29, 1.82) is 0 Å². The van der Waals surface area contributed by atoms with Gasteiger partial charge in [-0.05, 0) is 50.7 Å². The summed E-state index contributed by atoms with van der Waals surface area (Å²) in [5, 5.41) is 0. The summed E-state index contributed by atoms with van der Waals surface area (Å²) in [5.41, 5.74) is 0. The molecule has 4 nitrogen and oxygen atoms in total. The molecule has 0 spiro atoms. The zero-order valence-electron chi connectivity index (χ0n) is 11.9. The molecule has 0 aliphatic carbocycles.